The van der Waals surface area contributed by atoms with Crippen LogP contribution < -0.4 is 4.72 Å². The topological polar surface area (TPSA) is 110 Å². The largest absolute Gasteiger partial charge is 0.395 e. The van der Waals surface area contributed by atoms with Gasteiger partial charge in [-0.15, -0.1) is 0 Å². The van der Waals surface area contributed by atoms with Crippen molar-refractivity contribution in [2.75, 3.05) is 13.2 Å². The maximum absolute atomic E-state index is 13.3. The summed E-state index contributed by atoms with van der Waals surface area (Å²) in [4.78, 5) is -0.531. The van der Waals surface area contributed by atoms with Crippen molar-refractivity contribution in [3.63, 3.8) is 0 Å². The highest BCUT2D eigenvalue weighted by Crippen LogP contribution is 2.18. The number of nitrogens with one attached hydrogen (secondary N) is 1. The first-order valence-corrected chi connectivity index (χ1v) is 6.37. The average Bonchev–Trinajstić information content (AvgIpc) is 2.35. The van der Waals surface area contributed by atoms with E-state index in [-0.39, 0.29) is 0 Å². The third-order valence-electron chi connectivity index (χ3n) is 2.14. The van der Waals surface area contributed by atoms with E-state index in [0.717, 1.165) is 18.2 Å². The Morgan fingerprint density at radius 2 is 2.00 bits per heavy atom. The highest BCUT2D eigenvalue weighted by Gasteiger charge is 2.23. The van der Waals surface area contributed by atoms with Crippen LogP contribution in [0.5, 0.6) is 0 Å². The third kappa shape index (κ3) is 3.02. The second kappa shape index (κ2) is 5.88. The van der Waals surface area contributed by atoms with Crippen LogP contribution in [-0.2, 0) is 10.0 Å². The first kappa shape index (κ1) is 14.5. The van der Waals surface area contributed by atoms with E-state index in [1.54, 1.807) is 0 Å². The van der Waals surface area contributed by atoms with Gasteiger partial charge in [-0.25, -0.2) is 17.5 Å². The molecule has 0 spiro atoms. The van der Waals surface area contributed by atoms with Gasteiger partial charge in [0.25, 0.3) is 0 Å². The standard InChI is InChI=1S/C10H11FN2O4S/c11-9-2-1-3-10(8(9)4-12)18(16,17)13-7(5-14)6-15/h1-3,7,13-15H,5-6H2. The van der Waals surface area contributed by atoms with Crippen LogP contribution in [-0.4, -0.2) is 37.9 Å². The van der Waals surface area contributed by atoms with Crippen LogP contribution in [0.2, 0.25) is 0 Å². The van der Waals surface area contributed by atoms with E-state index in [2.05, 4.69) is 0 Å². The second-order valence-corrected chi connectivity index (χ2v) is 5.09. The van der Waals surface area contributed by atoms with Gasteiger partial charge in [-0.3, -0.25) is 0 Å². The number of nitrogens with zero attached hydrogens (tertiary/aromatic N) is 1. The molecule has 0 atom stereocenters. The lowest BCUT2D eigenvalue weighted by atomic mass is 10.2. The van der Waals surface area contributed by atoms with Gasteiger partial charge in [-0.2, -0.15) is 5.26 Å². The van der Waals surface area contributed by atoms with E-state index in [0.29, 0.717) is 0 Å². The number of sulfonamides is 1. The molecule has 1 aromatic rings. The van der Waals surface area contributed by atoms with Gasteiger partial charge >= 0.3 is 0 Å². The Labute approximate surface area is 103 Å². The van der Waals surface area contributed by atoms with Crippen molar-refractivity contribution in [2.24, 2.45) is 0 Å². The number of benzene rings is 1. The lowest BCUT2D eigenvalue weighted by molar-refractivity contribution is 0.185. The monoisotopic (exact) mass is 274 g/mol. The number of aliphatic hydroxyl groups excluding tert-OH is 2. The molecule has 0 bridgehead atoms. The predicted molar refractivity (Wildman–Crippen MR) is 59.4 cm³/mol. The van der Waals surface area contributed by atoms with Gasteiger partial charge < -0.3 is 10.2 Å². The number of aliphatic hydroxyl groups is 2. The highest BCUT2D eigenvalue weighted by atomic mass is 32.2. The zero-order chi connectivity index (χ0) is 13.8. The minimum absolute atomic E-state index is 0.531. The number of rotatable bonds is 5. The summed E-state index contributed by atoms with van der Waals surface area (Å²) in [6.07, 6.45) is 0. The first-order valence-electron chi connectivity index (χ1n) is 4.89. The summed E-state index contributed by atoms with van der Waals surface area (Å²) in [7, 11) is -4.18. The molecule has 0 saturated carbocycles. The lowest BCUT2D eigenvalue weighted by Crippen LogP contribution is -2.40. The van der Waals surface area contributed by atoms with Gasteiger partial charge in [0, 0.05) is 0 Å². The Balaban J connectivity index is 3.22. The summed E-state index contributed by atoms with van der Waals surface area (Å²) in [5.41, 5.74) is -0.611. The van der Waals surface area contributed by atoms with Gasteiger partial charge in [0.05, 0.1) is 19.3 Å². The van der Waals surface area contributed by atoms with Gasteiger partial charge in [0.2, 0.25) is 10.0 Å². The van der Waals surface area contributed by atoms with E-state index >= 15 is 0 Å². The summed E-state index contributed by atoms with van der Waals surface area (Å²) in [6.45, 7) is -1.24. The fourth-order valence-electron chi connectivity index (χ4n) is 1.25. The number of nitriles is 1. The van der Waals surface area contributed by atoms with E-state index in [1.165, 1.54) is 6.07 Å². The normalized spacial score (nSPS) is 11.5. The van der Waals surface area contributed by atoms with Crippen molar-refractivity contribution < 1.29 is 23.0 Å². The zero-order valence-corrected chi connectivity index (χ0v) is 9.98. The molecule has 0 aromatic heterocycles. The smallest absolute Gasteiger partial charge is 0.242 e. The fraction of sp³-hybridized carbons (Fsp3) is 0.300. The highest BCUT2D eigenvalue weighted by molar-refractivity contribution is 7.89. The molecule has 0 radical (unpaired) electrons. The number of hydrogen-bond acceptors (Lipinski definition) is 5. The maximum Gasteiger partial charge on any atom is 0.242 e. The lowest BCUT2D eigenvalue weighted by Gasteiger charge is -2.14. The Kier molecular flexibility index (Phi) is 4.75. The summed E-state index contributed by atoms with van der Waals surface area (Å²) in [6, 6.07) is 3.53. The molecule has 8 heteroatoms. The molecule has 98 valence electrons. The van der Waals surface area contributed by atoms with Crippen molar-refractivity contribution in [2.45, 2.75) is 10.9 Å². The van der Waals surface area contributed by atoms with Gasteiger partial charge in [-0.1, -0.05) is 6.07 Å². The molecule has 6 nitrogen and oxygen atoms in total. The Bertz CT molecular complexity index is 564. The van der Waals surface area contributed by atoms with E-state index in [1.807, 2.05) is 4.72 Å². The summed E-state index contributed by atoms with van der Waals surface area (Å²) in [5, 5.41) is 26.3. The molecule has 0 heterocycles. The van der Waals surface area contributed by atoms with Crippen LogP contribution in [0.25, 0.3) is 0 Å². The van der Waals surface area contributed by atoms with E-state index < -0.39 is 45.6 Å². The van der Waals surface area contributed by atoms with Gasteiger partial charge in [-0.05, 0) is 12.1 Å². The molecule has 0 aliphatic heterocycles. The van der Waals surface area contributed by atoms with Gasteiger partial charge in [0.1, 0.15) is 22.3 Å². The second-order valence-electron chi connectivity index (χ2n) is 3.41. The molecule has 0 aliphatic carbocycles. The van der Waals surface area contributed by atoms with Crippen molar-refractivity contribution >= 4 is 10.0 Å². The molecular formula is C10H11FN2O4S. The molecule has 0 aliphatic rings. The molecule has 0 fully saturated rings. The average molecular weight is 274 g/mol. The number of hydrogen-bond donors (Lipinski definition) is 3. The maximum atomic E-state index is 13.3. The zero-order valence-electron chi connectivity index (χ0n) is 9.17. The molecule has 18 heavy (non-hydrogen) atoms. The predicted octanol–water partition coefficient (Wildman–Crippen LogP) is -0.671. The summed E-state index contributed by atoms with van der Waals surface area (Å²) in [5.74, 6) is -0.954. The van der Waals surface area contributed by atoms with Crippen LogP contribution in [0, 0.1) is 17.1 Å². The quantitative estimate of drug-likeness (QED) is 0.659. The minimum Gasteiger partial charge on any atom is -0.395 e. The summed E-state index contributed by atoms with van der Waals surface area (Å²) < 4.78 is 38.9. The van der Waals surface area contributed by atoms with Crippen LogP contribution in [0.4, 0.5) is 4.39 Å². The summed E-state index contributed by atoms with van der Waals surface area (Å²) >= 11 is 0. The molecular weight excluding hydrogens is 263 g/mol. The van der Waals surface area contributed by atoms with Crippen molar-refractivity contribution in [3.05, 3.63) is 29.6 Å². The van der Waals surface area contributed by atoms with Crippen LogP contribution in [0.1, 0.15) is 5.56 Å². The molecule has 0 unspecified atom stereocenters. The van der Waals surface area contributed by atoms with Crippen molar-refractivity contribution in [3.8, 4) is 6.07 Å². The number of halogens is 1. The molecule has 1 rings (SSSR count). The Morgan fingerprint density at radius 1 is 1.39 bits per heavy atom. The van der Waals surface area contributed by atoms with Crippen LogP contribution in [0.3, 0.4) is 0 Å². The van der Waals surface area contributed by atoms with Crippen LogP contribution in [0.15, 0.2) is 23.1 Å². The molecule has 1 aromatic carbocycles. The molecule has 3 N–H and O–H groups in total. The van der Waals surface area contributed by atoms with E-state index in [4.69, 9.17) is 15.5 Å². The molecule has 0 amide bonds. The molecule has 0 saturated heterocycles. The van der Waals surface area contributed by atoms with Crippen LogP contribution >= 0.6 is 0 Å². The van der Waals surface area contributed by atoms with Crippen molar-refractivity contribution in [1.82, 2.24) is 4.72 Å². The Morgan fingerprint density at radius 3 is 2.50 bits per heavy atom. The van der Waals surface area contributed by atoms with Crippen molar-refractivity contribution in [1.29, 1.82) is 5.26 Å². The third-order valence-corrected chi connectivity index (χ3v) is 3.70. The van der Waals surface area contributed by atoms with Gasteiger partial charge in [0.15, 0.2) is 0 Å². The minimum atomic E-state index is -4.18. The first-order chi connectivity index (χ1) is 8.46. The Hall–Kier alpha value is -1.53. The van der Waals surface area contributed by atoms with E-state index in [9.17, 15) is 12.8 Å². The SMILES string of the molecule is N#Cc1c(F)cccc1S(=O)(=O)NC(CO)CO. The fourth-order valence-corrected chi connectivity index (χ4v) is 2.64.